The van der Waals surface area contributed by atoms with Gasteiger partial charge in [-0.15, -0.1) is 0 Å². The molecule has 0 aliphatic carbocycles. The average Bonchev–Trinajstić information content (AvgIpc) is 3.46. The Morgan fingerprint density at radius 3 is 0.753 bits per heavy atom. The molecule has 15 heteroatoms. The van der Waals surface area contributed by atoms with E-state index in [0.29, 0.717) is 48.4 Å². The van der Waals surface area contributed by atoms with Crippen molar-refractivity contribution in [1.82, 2.24) is 30.7 Å². The molecule has 3 atom stereocenters. The van der Waals surface area contributed by atoms with Crippen molar-refractivity contribution in [2.24, 2.45) is 0 Å². The van der Waals surface area contributed by atoms with Crippen LogP contribution in [0.1, 0.15) is 145 Å². The summed E-state index contributed by atoms with van der Waals surface area (Å²) < 4.78 is 0. The standard InChI is InChI=1S/C66H69Cl3N6O6/c1-64(2,3)70-58(76)55(46-25-31-52(67)32-26-46)73(40-43-19-13-10-14-20-43)61(79)49-37-50(62(80)74(41-44-21-15-11-16-22-44)56(59(77)71-65(4,5)6)47-27-33-53(68)34-28-47)39-51(38-49)63(81)75(42-45-23-17-12-18-24-45)57(60(78)72-66(7,8)9)48-29-35-54(69)36-30-48/h10-39,55-57H,40-42H2,1-9H3,(H,70,76)(H,71,77)(H,72,78)/t55-,56-,57-/m0/s1. The molecule has 12 nitrogen and oxygen atoms in total. The van der Waals surface area contributed by atoms with Gasteiger partial charge in [0.1, 0.15) is 18.1 Å². The summed E-state index contributed by atoms with van der Waals surface area (Å²) in [6.45, 7) is 16.2. The highest BCUT2D eigenvalue weighted by Crippen LogP contribution is 2.34. The van der Waals surface area contributed by atoms with Crippen LogP contribution in [0.3, 0.4) is 0 Å². The molecule has 0 fully saturated rings. The van der Waals surface area contributed by atoms with E-state index in [9.17, 15) is 14.4 Å². The predicted molar refractivity (Wildman–Crippen MR) is 322 cm³/mol. The molecule has 6 amide bonds. The minimum absolute atomic E-state index is 0.108. The van der Waals surface area contributed by atoms with E-state index in [1.807, 2.05) is 153 Å². The first-order chi connectivity index (χ1) is 38.2. The Morgan fingerprint density at radius 1 is 0.346 bits per heavy atom. The predicted octanol–water partition coefficient (Wildman–Crippen LogP) is 13.5. The molecule has 0 bridgehead atoms. The average molecular weight is 1150 g/mol. The van der Waals surface area contributed by atoms with Gasteiger partial charge in [-0.05, 0) is 150 Å². The van der Waals surface area contributed by atoms with Crippen LogP contribution in [0.15, 0.2) is 182 Å². The number of benzene rings is 7. The summed E-state index contributed by atoms with van der Waals surface area (Å²) in [4.78, 5) is 97.6. The van der Waals surface area contributed by atoms with Gasteiger partial charge < -0.3 is 30.7 Å². The zero-order valence-electron chi connectivity index (χ0n) is 47.1. The summed E-state index contributed by atoms with van der Waals surface area (Å²) in [5.41, 5.74) is 0.626. The third kappa shape index (κ3) is 16.9. The lowest BCUT2D eigenvalue weighted by Crippen LogP contribution is -2.49. The van der Waals surface area contributed by atoms with E-state index in [1.54, 1.807) is 72.8 Å². The molecule has 0 saturated heterocycles. The molecule has 7 rings (SSSR count). The molecule has 420 valence electrons. The summed E-state index contributed by atoms with van der Waals surface area (Å²) in [7, 11) is 0. The van der Waals surface area contributed by atoms with E-state index in [4.69, 9.17) is 34.8 Å². The van der Waals surface area contributed by atoms with Gasteiger partial charge in [0.2, 0.25) is 17.7 Å². The Morgan fingerprint density at radius 2 is 0.556 bits per heavy atom. The Bertz CT molecular complexity index is 2960. The topological polar surface area (TPSA) is 148 Å². The summed E-state index contributed by atoms with van der Waals surface area (Å²) in [6.07, 6.45) is 0. The first kappa shape index (κ1) is 60.9. The maximum Gasteiger partial charge on any atom is 0.255 e. The number of rotatable bonds is 18. The second kappa shape index (κ2) is 26.2. The molecule has 7 aromatic carbocycles. The fourth-order valence-corrected chi connectivity index (χ4v) is 9.72. The van der Waals surface area contributed by atoms with Crippen LogP contribution in [0.4, 0.5) is 0 Å². The Balaban J connectivity index is 1.53. The Hall–Kier alpha value is -7.77. The van der Waals surface area contributed by atoms with Crippen LogP contribution >= 0.6 is 34.8 Å². The SMILES string of the molecule is CC(C)(C)NC(=O)[C@H](c1ccc(Cl)cc1)N(Cc1ccccc1)C(=O)c1cc(C(=O)N(Cc2ccccc2)[C@H](C(=O)NC(C)(C)C)c2ccc(Cl)cc2)cc(C(=O)N(Cc2ccccc2)[C@H](C(=O)NC(C)(C)C)c2ccc(Cl)cc2)c1. The van der Waals surface area contributed by atoms with Gasteiger partial charge in [0.15, 0.2) is 0 Å². The monoisotopic (exact) mass is 1150 g/mol. The van der Waals surface area contributed by atoms with Gasteiger partial charge in [-0.25, -0.2) is 0 Å². The molecule has 81 heavy (non-hydrogen) atoms. The second-order valence-corrected chi connectivity index (χ2v) is 24.4. The minimum atomic E-state index is -1.29. The van der Waals surface area contributed by atoms with E-state index in [-0.39, 0.29) is 36.3 Å². The van der Waals surface area contributed by atoms with E-state index in [2.05, 4.69) is 16.0 Å². The van der Waals surface area contributed by atoms with Crippen LogP contribution in [0, 0.1) is 0 Å². The number of hydrogen-bond acceptors (Lipinski definition) is 6. The molecule has 0 spiro atoms. The normalized spacial score (nSPS) is 12.7. The van der Waals surface area contributed by atoms with Crippen molar-refractivity contribution in [3.63, 3.8) is 0 Å². The van der Waals surface area contributed by atoms with E-state index < -0.39 is 70.2 Å². The smallest absolute Gasteiger partial charge is 0.255 e. The zero-order valence-corrected chi connectivity index (χ0v) is 49.4. The van der Waals surface area contributed by atoms with Crippen molar-refractivity contribution in [1.29, 1.82) is 0 Å². The Kier molecular flexibility index (Phi) is 19.7. The van der Waals surface area contributed by atoms with Gasteiger partial charge in [0.05, 0.1) is 0 Å². The molecule has 0 heterocycles. The van der Waals surface area contributed by atoms with Crippen LogP contribution in [0.2, 0.25) is 15.1 Å². The fraction of sp³-hybridized carbons (Fsp3) is 0.273. The van der Waals surface area contributed by atoms with Crippen LogP contribution < -0.4 is 16.0 Å². The molecule has 0 aliphatic rings. The summed E-state index contributed by atoms with van der Waals surface area (Å²) in [6, 6.07) is 47.6. The number of carbonyl (C=O) groups excluding carboxylic acids is 6. The van der Waals surface area contributed by atoms with Crippen molar-refractivity contribution in [2.45, 2.75) is 117 Å². The molecule has 0 radical (unpaired) electrons. The van der Waals surface area contributed by atoms with E-state index >= 15 is 14.4 Å². The quantitative estimate of drug-likeness (QED) is 0.0779. The van der Waals surface area contributed by atoms with Crippen molar-refractivity contribution < 1.29 is 28.8 Å². The number of nitrogens with zero attached hydrogens (tertiary/aromatic N) is 3. The minimum Gasteiger partial charge on any atom is -0.349 e. The van der Waals surface area contributed by atoms with Gasteiger partial charge in [-0.3, -0.25) is 28.8 Å². The molecule has 0 saturated carbocycles. The van der Waals surface area contributed by atoms with Crippen molar-refractivity contribution >= 4 is 70.2 Å². The van der Waals surface area contributed by atoms with Crippen molar-refractivity contribution in [3.05, 3.63) is 247 Å². The highest BCUT2D eigenvalue weighted by Gasteiger charge is 2.39. The molecule has 3 N–H and O–H groups in total. The van der Waals surface area contributed by atoms with Gasteiger partial charge in [-0.2, -0.15) is 0 Å². The Labute approximate surface area is 490 Å². The molecule has 0 aromatic heterocycles. The van der Waals surface area contributed by atoms with E-state index in [0.717, 1.165) is 0 Å². The molecule has 7 aromatic rings. The summed E-state index contributed by atoms with van der Waals surface area (Å²) in [5, 5.41) is 10.5. The van der Waals surface area contributed by atoms with Crippen molar-refractivity contribution in [2.75, 3.05) is 0 Å². The number of hydrogen-bond donors (Lipinski definition) is 3. The van der Waals surface area contributed by atoms with Gasteiger partial charge >= 0.3 is 0 Å². The highest BCUT2D eigenvalue weighted by molar-refractivity contribution is 6.31. The molecule has 0 aliphatic heterocycles. The van der Waals surface area contributed by atoms with Gasteiger partial charge in [0, 0.05) is 68.0 Å². The van der Waals surface area contributed by atoms with Gasteiger partial charge in [-0.1, -0.05) is 162 Å². The van der Waals surface area contributed by atoms with Gasteiger partial charge in [0.25, 0.3) is 17.7 Å². The molecular weight excluding hydrogens is 1080 g/mol. The largest absolute Gasteiger partial charge is 0.349 e. The molecular formula is C66H69Cl3N6O6. The van der Waals surface area contributed by atoms with E-state index in [1.165, 1.54) is 32.9 Å². The lowest BCUT2D eigenvalue weighted by molar-refractivity contribution is -0.128. The third-order valence-corrected chi connectivity index (χ3v) is 13.5. The first-order valence-electron chi connectivity index (χ1n) is 26.7. The first-order valence-corrected chi connectivity index (χ1v) is 27.8. The lowest BCUT2D eigenvalue weighted by Gasteiger charge is -2.35. The maximum atomic E-state index is 16.2. The fourth-order valence-electron chi connectivity index (χ4n) is 9.34. The van der Waals surface area contributed by atoms with Crippen LogP contribution in [-0.4, -0.2) is 66.8 Å². The molecule has 0 unspecified atom stereocenters. The highest BCUT2D eigenvalue weighted by atomic mass is 35.5. The summed E-state index contributed by atoms with van der Waals surface area (Å²) >= 11 is 19.3. The second-order valence-electron chi connectivity index (χ2n) is 23.1. The lowest BCUT2D eigenvalue weighted by atomic mass is 9.96. The zero-order chi connectivity index (χ0) is 58.8. The van der Waals surface area contributed by atoms with Crippen LogP contribution in [0.25, 0.3) is 0 Å². The number of halogens is 3. The maximum absolute atomic E-state index is 16.2. The number of carbonyl (C=O) groups is 6. The third-order valence-electron chi connectivity index (χ3n) is 12.8. The summed E-state index contributed by atoms with van der Waals surface area (Å²) in [5.74, 6) is -3.70. The number of nitrogens with one attached hydrogen (secondary N) is 3. The van der Waals surface area contributed by atoms with Crippen LogP contribution in [0.5, 0.6) is 0 Å². The van der Waals surface area contributed by atoms with Crippen LogP contribution in [-0.2, 0) is 34.0 Å². The number of amides is 6. The van der Waals surface area contributed by atoms with Crippen molar-refractivity contribution in [3.8, 4) is 0 Å².